The van der Waals surface area contributed by atoms with Gasteiger partial charge in [-0.25, -0.2) is 0 Å². The van der Waals surface area contributed by atoms with Crippen molar-refractivity contribution < 1.29 is 9.59 Å². The van der Waals surface area contributed by atoms with Crippen molar-refractivity contribution in [3.05, 3.63) is 21.9 Å². The predicted octanol–water partition coefficient (Wildman–Crippen LogP) is 1.04. The molecule has 1 aliphatic heterocycles. The minimum absolute atomic E-state index is 0.00201. The first-order valence-electron chi connectivity index (χ1n) is 5.28. The second kappa shape index (κ2) is 4.76. The maximum absolute atomic E-state index is 11.8. The SMILES string of the molecule is CC(=O)c1csc(C(=O)NC2CCNC2)c1. The van der Waals surface area contributed by atoms with E-state index in [2.05, 4.69) is 10.6 Å². The zero-order chi connectivity index (χ0) is 11.5. The van der Waals surface area contributed by atoms with Gasteiger partial charge in [-0.2, -0.15) is 0 Å². The van der Waals surface area contributed by atoms with Crippen LogP contribution in [0.1, 0.15) is 33.4 Å². The molecule has 1 aromatic rings. The zero-order valence-corrected chi connectivity index (χ0v) is 9.89. The van der Waals surface area contributed by atoms with Gasteiger partial charge in [-0.3, -0.25) is 9.59 Å². The standard InChI is InChI=1S/C11H14N2O2S/c1-7(14)8-4-10(16-6-8)11(15)13-9-2-3-12-5-9/h4,6,9,12H,2-3,5H2,1H3,(H,13,15). The van der Waals surface area contributed by atoms with E-state index in [1.807, 2.05) is 0 Å². The van der Waals surface area contributed by atoms with Gasteiger partial charge in [0.2, 0.25) is 0 Å². The lowest BCUT2D eigenvalue weighted by Gasteiger charge is -2.09. The maximum atomic E-state index is 11.8. The van der Waals surface area contributed by atoms with Crippen molar-refractivity contribution in [3.63, 3.8) is 0 Å². The number of thiophene rings is 1. The molecule has 0 radical (unpaired) electrons. The zero-order valence-electron chi connectivity index (χ0n) is 9.08. The summed E-state index contributed by atoms with van der Waals surface area (Å²) in [6.45, 7) is 3.29. The van der Waals surface area contributed by atoms with E-state index in [0.717, 1.165) is 19.5 Å². The van der Waals surface area contributed by atoms with Crippen molar-refractivity contribution in [2.75, 3.05) is 13.1 Å². The highest BCUT2D eigenvalue weighted by atomic mass is 32.1. The Morgan fingerprint density at radius 1 is 1.56 bits per heavy atom. The molecular formula is C11H14N2O2S. The molecule has 1 saturated heterocycles. The van der Waals surface area contributed by atoms with E-state index in [9.17, 15) is 9.59 Å². The molecule has 0 saturated carbocycles. The van der Waals surface area contributed by atoms with Gasteiger partial charge in [0.05, 0.1) is 4.88 Å². The fourth-order valence-corrected chi connectivity index (χ4v) is 2.52. The third kappa shape index (κ3) is 2.48. The van der Waals surface area contributed by atoms with Crippen LogP contribution in [0, 0.1) is 0 Å². The summed E-state index contributed by atoms with van der Waals surface area (Å²) in [6, 6.07) is 1.88. The highest BCUT2D eigenvalue weighted by Crippen LogP contribution is 2.15. The molecule has 2 rings (SSSR count). The summed E-state index contributed by atoms with van der Waals surface area (Å²) in [5, 5.41) is 7.86. The average molecular weight is 238 g/mol. The summed E-state index contributed by atoms with van der Waals surface area (Å²) >= 11 is 1.32. The second-order valence-corrected chi connectivity index (χ2v) is 4.83. The highest BCUT2D eigenvalue weighted by Gasteiger charge is 2.18. The van der Waals surface area contributed by atoms with Gasteiger partial charge < -0.3 is 10.6 Å². The molecule has 0 aromatic carbocycles. The largest absolute Gasteiger partial charge is 0.347 e. The Kier molecular flexibility index (Phi) is 3.36. The molecule has 0 spiro atoms. The lowest BCUT2D eigenvalue weighted by molar-refractivity contribution is 0.0944. The fourth-order valence-electron chi connectivity index (χ4n) is 1.67. The van der Waals surface area contributed by atoms with Crippen LogP contribution in [0.2, 0.25) is 0 Å². The summed E-state index contributed by atoms with van der Waals surface area (Å²) < 4.78 is 0. The van der Waals surface area contributed by atoms with Crippen LogP contribution in [-0.4, -0.2) is 30.8 Å². The normalized spacial score (nSPS) is 19.7. The van der Waals surface area contributed by atoms with Crippen LogP contribution in [0.25, 0.3) is 0 Å². The number of ketones is 1. The molecule has 0 aliphatic carbocycles. The third-order valence-electron chi connectivity index (χ3n) is 2.63. The maximum Gasteiger partial charge on any atom is 0.261 e. The van der Waals surface area contributed by atoms with E-state index in [0.29, 0.717) is 10.4 Å². The minimum Gasteiger partial charge on any atom is -0.347 e. The van der Waals surface area contributed by atoms with Crippen molar-refractivity contribution in [3.8, 4) is 0 Å². The van der Waals surface area contributed by atoms with Crippen molar-refractivity contribution in [1.29, 1.82) is 0 Å². The number of amides is 1. The molecule has 5 heteroatoms. The monoisotopic (exact) mass is 238 g/mol. The van der Waals surface area contributed by atoms with Crippen LogP contribution in [0.15, 0.2) is 11.4 Å². The van der Waals surface area contributed by atoms with E-state index in [-0.39, 0.29) is 17.7 Å². The van der Waals surface area contributed by atoms with E-state index in [1.165, 1.54) is 18.3 Å². The summed E-state index contributed by atoms with van der Waals surface area (Å²) in [6.07, 6.45) is 0.969. The van der Waals surface area contributed by atoms with Crippen LogP contribution in [0.3, 0.4) is 0 Å². The Balaban J connectivity index is 1.99. The van der Waals surface area contributed by atoms with E-state index in [4.69, 9.17) is 0 Å². The summed E-state index contributed by atoms with van der Waals surface area (Å²) in [7, 11) is 0. The summed E-state index contributed by atoms with van der Waals surface area (Å²) in [4.78, 5) is 23.5. The molecule has 4 nitrogen and oxygen atoms in total. The average Bonchev–Trinajstić information content (AvgIpc) is 2.86. The molecule has 0 bridgehead atoms. The molecule has 1 amide bonds. The molecule has 2 N–H and O–H groups in total. The quantitative estimate of drug-likeness (QED) is 0.774. The van der Waals surface area contributed by atoms with Gasteiger partial charge in [0.15, 0.2) is 5.78 Å². The Morgan fingerprint density at radius 2 is 2.38 bits per heavy atom. The first-order valence-corrected chi connectivity index (χ1v) is 6.16. The minimum atomic E-state index is -0.0776. The van der Waals surface area contributed by atoms with Crippen LogP contribution in [0.5, 0.6) is 0 Å². The van der Waals surface area contributed by atoms with Crippen molar-refractivity contribution in [2.24, 2.45) is 0 Å². The number of nitrogens with one attached hydrogen (secondary N) is 2. The van der Waals surface area contributed by atoms with Gasteiger partial charge in [-0.05, 0) is 26.0 Å². The molecule has 1 unspecified atom stereocenters. The molecular weight excluding hydrogens is 224 g/mol. The van der Waals surface area contributed by atoms with Crippen LogP contribution >= 0.6 is 11.3 Å². The highest BCUT2D eigenvalue weighted by molar-refractivity contribution is 7.12. The van der Waals surface area contributed by atoms with Gasteiger partial charge in [-0.15, -0.1) is 11.3 Å². The first kappa shape index (κ1) is 11.3. The van der Waals surface area contributed by atoms with E-state index in [1.54, 1.807) is 11.4 Å². The van der Waals surface area contributed by atoms with Crippen LogP contribution in [-0.2, 0) is 0 Å². The van der Waals surface area contributed by atoms with Crippen LogP contribution in [0.4, 0.5) is 0 Å². The molecule has 16 heavy (non-hydrogen) atoms. The number of rotatable bonds is 3. The topological polar surface area (TPSA) is 58.2 Å². The van der Waals surface area contributed by atoms with Gasteiger partial charge in [0.1, 0.15) is 0 Å². The molecule has 86 valence electrons. The van der Waals surface area contributed by atoms with E-state index < -0.39 is 0 Å². The lowest BCUT2D eigenvalue weighted by Crippen LogP contribution is -2.35. The predicted molar refractivity (Wildman–Crippen MR) is 63.1 cm³/mol. The number of Topliss-reactive ketones (excluding diaryl/α,β-unsaturated/α-hetero) is 1. The van der Waals surface area contributed by atoms with Gasteiger partial charge in [0, 0.05) is 23.5 Å². The van der Waals surface area contributed by atoms with Crippen molar-refractivity contribution in [2.45, 2.75) is 19.4 Å². The van der Waals surface area contributed by atoms with Crippen molar-refractivity contribution >= 4 is 23.0 Å². The molecule has 1 aromatic heterocycles. The van der Waals surface area contributed by atoms with Gasteiger partial charge >= 0.3 is 0 Å². The third-order valence-corrected chi connectivity index (χ3v) is 3.55. The van der Waals surface area contributed by atoms with E-state index >= 15 is 0 Å². The lowest BCUT2D eigenvalue weighted by atomic mass is 10.2. The summed E-state index contributed by atoms with van der Waals surface area (Å²) in [5.74, 6) is -0.0796. The fraction of sp³-hybridized carbons (Fsp3) is 0.455. The second-order valence-electron chi connectivity index (χ2n) is 3.92. The molecule has 2 heterocycles. The Morgan fingerprint density at radius 3 is 2.94 bits per heavy atom. The number of carbonyl (C=O) groups excluding carboxylic acids is 2. The number of hydrogen-bond acceptors (Lipinski definition) is 4. The van der Waals surface area contributed by atoms with Crippen molar-refractivity contribution in [1.82, 2.24) is 10.6 Å². The van der Waals surface area contributed by atoms with Crippen LogP contribution < -0.4 is 10.6 Å². The van der Waals surface area contributed by atoms with Gasteiger partial charge in [-0.1, -0.05) is 0 Å². The smallest absolute Gasteiger partial charge is 0.261 e. The molecule has 1 aliphatic rings. The molecule has 1 atom stereocenters. The Hall–Kier alpha value is -1.20. The molecule has 1 fully saturated rings. The Labute approximate surface area is 98.0 Å². The van der Waals surface area contributed by atoms with Gasteiger partial charge in [0.25, 0.3) is 5.91 Å². The summed E-state index contributed by atoms with van der Waals surface area (Å²) in [5.41, 5.74) is 0.611. The number of hydrogen-bond donors (Lipinski definition) is 2. The Bertz CT molecular complexity index is 408. The number of carbonyl (C=O) groups is 2. The first-order chi connectivity index (χ1) is 7.66.